The zero-order chi connectivity index (χ0) is 16.3. The summed E-state index contributed by atoms with van der Waals surface area (Å²) in [6, 6.07) is 5.14. The average molecular weight is 327 g/mol. The molecule has 0 heterocycles. The standard InChI is InChI=1S/C13H17N3O5S/c1-10(17)14-8-9-15(11-6-7-11)22(20,21)13-5-3-2-4-12(13)16(18)19/h2-5,11H,6-9H2,1H3,(H,14,17). The number of nitro benzene ring substituents is 1. The number of rotatable bonds is 7. The van der Waals surface area contributed by atoms with Crippen LogP contribution in [0.25, 0.3) is 0 Å². The minimum Gasteiger partial charge on any atom is -0.355 e. The maximum Gasteiger partial charge on any atom is 0.289 e. The first-order valence-corrected chi connectivity index (χ1v) is 8.27. The third-order valence-electron chi connectivity index (χ3n) is 3.31. The van der Waals surface area contributed by atoms with E-state index in [0.29, 0.717) is 0 Å². The van der Waals surface area contributed by atoms with Gasteiger partial charge in [0.1, 0.15) is 0 Å². The molecule has 2 rings (SSSR count). The second kappa shape index (κ2) is 6.41. The number of amides is 1. The molecule has 1 fully saturated rings. The highest BCUT2D eigenvalue weighted by Crippen LogP contribution is 2.34. The van der Waals surface area contributed by atoms with Gasteiger partial charge in [0, 0.05) is 32.1 Å². The highest BCUT2D eigenvalue weighted by Gasteiger charge is 2.40. The van der Waals surface area contributed by atoms with E-state index in [1.54, 1.807) is 0 Å². The van der Waals surface area contributed by atoms with Crippen LogP contribution in [0.2, 0.25) is 0 Å². The number of hydrogen-bond acceptors (Lipinski definition) is 5. The summed E-state index contributed by atoms with van der Waals surface area (Å²) in [6.07, 6.45) is 1.44. The van der Waals surface area contributed by atoms with Gasteiger partial charge >= 0.3 is 0 Å². The van der Waals surface area contributed by atoms with Gasteiger partial charge in [-0.05, 0) is 18.9 Å². The lowest BCUT2D eigenvalue weighted by atomic mass is 10.3. The number of nitrogens with zero attached hydrogens (tertiary/aromatic N) is 2. The Balaban J connectivity index is 2.30. The summed E-state index contributed by atoms with van der Waals surface area (Å²) in [5.74, 6) is -0.251. The van der Waals surface area contributed by atoms with Crippen molar-refractivity contribution in [2.24, 2.45) is 0 Å². The first-order valence-electron chi connectivity index (χ1n) is 6.83. The molecule has 1 amide bonds. The zero-order valence-electron chi connectivity index (χ0n) is 12.1. The topological polar surface area (TPSA) is 110 Å². The van der Waals surface area contributed by atoms with Gasteiger partial charge in [0.2, 0.25) is 15.9 Å². The van der Waals surface area contributed by atoms with Gasteiger partial charge in [-0.1, -0.05) is 12.1 Å². The van der Waals surface area contributed by atoms with Crippen molar-refractivity contribution < 1.29 is 18.1 Å². The molecule has 1 aromatic rings. The van der Waals surface area contributed by atoms with E-state index in [9.17, 15) is 23.3 Å². The summed E-state index contributed by atoms with van der Waals surface area (Å²) in [4.78, 5) is 20.9. The van der Waals surface area contributed by atoms with Crippen LogP contribution in [0.15, 0.2) is 29.2 Å². The summed E-state index contributed by atoms with van der Waals surface area (Å²) in [6.45, 7) is 1.61. The third-order valence-corrected chi connectivity index (χ3v) is 5.31. The number of benzene rings is 1. The van der Waals surface area contributed by atoms with Crippen LogP contribution in [0.3, 0.4) is 0 Å². The Morgan fingerprint density at radius 2 is 2.05 bits per heavy atom. The molecule has 0 atom stereocenters. The molecule has 1 aliphatic carbocycles. The Kier molecular flexibility index (Phi) is 4.77. The fourth-order valence-electron chi connectivity index (χ4n) is 2.16. The molecule has 0 aliphatic heterocycles. The smallest absolute Gasteiger partial charge is 0.289 e. The van der Waals surface area contributed by atoms with Gasteiger partial charge in [-0.2, -0.15) is 4.31 Å². The molecule has 1 aliphatic rings. The summed E-state index contributed by atoms with van der Waals surface area (Å²) in [5, 5.41) is 13.6. The van der Waals surface area contributed by atoms with Gasteiger partial charge < -0.3 is 5.32 Å². The van der Waals surface area contributed by atoms with Gasteiger partial charge in [0.25, 0.3) is 5.69 Å². The maximum atomic E-state index is 12.7. The predicted molar refractivity (Wildman–Crippen MR) is 78.7 cm³/mol. The van der Waals surface area contributed by atoms with Crippen molar-refractivity contribution >= 4 is 21.6 Å². The lowest BCUT2D eigenvalue weighted by molar-refractivity contribution is -0.387. The lowest BCUT2D eigenvalue weighted by Gasteiger charge is -2.21. The Morgan fingerprint density at radius 1 is 1.41 bits per heavy atom. The Labute approximate surface area is 128 Å². The van der Waals surface area contributed by atoms with Crippen LogP contribution >= 0.6 is 0 Å². The lowest BCUT2D eigenvalue weighted by Crippen LogP contribution is -2.39. The normalized spacial score (nSPS) is 14.8. The highest BCUT2D eigenvalue weighted by molar-refractivity contribution is 7.89. The number of carbonyl (C=O) groups excluding carboxylic acids is 1. The van der Waals surface area contributed by atoms with Gasteiger partial charge in [-0.3, -0.25) is 14.9 Å². The monoisotopic (exact) mass is 327 g/mol. The molecule has 1 N–H and O–H groups in total. The molecule has 22 heavy (non-hydrogen) atoms. The quantitative estimate of drug-likeness (QED) is 0.590. The van der Waals surface area contributed by atoms with Crippen LogP contribution < -0.4 is 5.32 Å². The Hall–Kier alpha value is -2.00. The molecule has 0 bridgehead atoms. The minimum atomic E-state index is -3.97. The van der Waals surface area contributed by atoms with E-state index in [0.717, 1.165) is 12.8 Å². The molecule has 0 radical (unpaired) electrons. The molecule has 120 valence electrons. The summed E-state index contributed by atoms with van der Waals surface area (Å²) in [5.41, 5.74) is -0.437. The van der Waals surface area contributed by atoms with E-state index in [1.165, 1.54) is 35.5 Å². The molecule has 0 unspecified atom stereocenters. The van der Waals surface area contributed by atoms with E-state index in [2.05, 4.69) is 5.32 Å². The van der Waals surface area contributed by atoms with Crippen LogP contribution in [0.5, 0.6) is 0 Å². The number of hydrogen-bond donors (Lipinski definition) is 1. The minimum absolute atomic E-state index is 0.0959. The Bertz CT molecular complexity index is 685. The summed E-state index contributed by atoms with van der Waals surface area (Å²) < 4.78 is 26.7. The van der Waals surface area contributed by atoms with E-state index in [1.807, 2.05) is 0 Å². The van der Waals surface area contributed by atoms with Crippen LogP contribution in [0.1, 0.15) is 19.8 Å². The van der Waals surface area contributed by atoms with Crippen LogP contribution in [0.4, 0.5) is 5.69 Å². The van der Waals surface area contributed by atoms with Gasteiger partial charge in [-0.25, -0.2) is 8.42 Å². The van der Waals surface area contributed by atoms with Crippen LogP contribution in [-0.2, 0) is 14.8 Å². The molecule has 0 spiro atoms. The molecule has 8 nitrogen and oxygen atoms in total. The van der Waals surface area contributed by atoms with E-state index >= 15 is 0 Å². The Morgan fingerprint density at radius 3 is 2.59 bits per heavy atom. The number of nitro groups is 1. The van der Waals surface area contributed by atoms with Gasteiger partial charge in [-0.15, -0.1) is 0 Å². The number of sulfonamides is 1. The van der Waals surface area contributed by atoms with E-state index in [4.69, 9.17) is 0 Å². The predicted octanol–water partition coefficient (Wildman–Crippen LogP) is 0.884. The van der Waals surface area contributed by atoms with Crippen molar-refractivity contribution in [1.29, 1.82) is 0 Å². The van der Waals surface area contributed by atoms with E-state index in [-0.39, 0.29) is 29.9 Å². The van der Waals surface area contributed by atoms with Crippen molar-refractivity contribution in [3.63, 3.8) is 0 Å². The number of carbonyl (C=O) groups is 1. The van der Waals surface area contributed by atoms with Crippen molar-refractivity contribution in [3.8, 4) is 0 Å². The largest absolute Gasteiger partial charge is 0.355 e. The number of para-hydroxylation sites is 1. The molecule has 0 saturated heterocycles. The SMILES string of the molecule is CC(=O)NCCN(C1CC1)S(=O)(=O)c1ccccc1[N+](=O)[O-]. The zero-order valence-corrected chi connectivity index (χ0v) is 12.9. The maximum absolute atomic E-state index is 12.7. The summed E-state index contributed by atoms with van der Waals surface area (Å²) >= 11 is 0. The van der Waals surface area contributed by atoms with Crippen molar-refractivity contribution in [2.75, 3.05) is 13.1 Å². The fourth-order valence-corrected chi connectivity index (χ4v) is 4.00. The molecule has 9 heteroatoms. The molecule has 1 saturated carbocycles. The number of nitrogens with one attached hydrogen (secondary N) is 1. The van der Waals surface area contributed by atoms with Crippen molar-refractivity contribution in [3.05, 3.63) is 34.4 Å². The van der Waals surface area contributed by atoms with Crippen LogP contribution in [0, 0.1) is 10.1 Å². The average Bonchev–Trinajstić information content (AvgIpc) is 3.27. The first-order chi connectivity index (χ1) is 10.3. The second-order valence-electron chi connectivity index (χ2n) is 5.05. The highest BCUT2D eigenvalue weighted by atomic mass is 32.2. The fraction of sp³-hybridized carbons (Fsp3) is 0.462. The molecular formula is C13H17N3O5S. The second-order valence-corrected chi connectivity index (χ2v) is 6.91. The third kappa shape index (κ3) is 3.60. The van der Waals surface area contributed by atoms with Crippen molar-refractivity contribution in [1.82, 2.24) is 9.62 Å². The first kappa shape index (κ1) is 16.4. The van der Waals surface area contributed by atoms with E-state index < -0.39 is 20.6 Å². The van der Waals surface area contributed by atoms with Gasteiger partial charge in [0.15, 0.2) is 4.90 Å². The summed E-state index contributed by atoms with van der Waals surface area (Å²) in [7, 11) is -3.97. The molecule has 1 aromatic carbocycles. The molecular weight excluding hydrogens is 310 g/mol. The van der Waals surface area contributed by atoms with Crippen molar-refractivity contribution in [2.45, 2.75) is 30.7 Å². The van der Waals surface area contributed by atoms with Crippen LogP contribution in [-0.4, -0.2) is 42.7 Å². The molecule has 0 aromatic heterocycles. The van der Waals surface area contributed by atoms with Gasteiger partial charge in [0.05, 0.1) is 4.92 Å².